The molecular weight excluding hydrogens is 300 g/mol. The molecule has 1 amide bonds. The van der Waals surface area contributed by atoms with Gasteiger partial charge in [-0.3, -0.25) is 9.59 Å². The predicted molar refractivity (Wildman–Crippen MR) is 83.9 cm³/mol. The molecule has 4 rings (SSSR count). The molecule has 4 nitrogen and oxygen atoms in total. The summed E-state index contributed by atoms with van der Waals surface area (Å²) < 4.78 is 0. The number of rotatable bonds is 1. The average molecular weight is 317 g/mol. The number of primary amides is 1. The Balaban J connectivity index is 1.86. The van der Waals surface area contributed by atoms with Gasteiger partial charge >= 0.3 is 0 Å². The third-order valence-corrected chi connectivity index (χ3v) is 5.54. The third-order valence-electron chi connectivity index (χ3n) is 5.20. The van der Waals surface area contributed by atoms with Crippen molar-refractivity contribution in [3.8, 4) is 0 Å². The highest BCUT2D eigenvalue weighted by molar-refractivity contribution is 6.22. The van der Waals surface area contributed by atoms with Crippen LogP contribution in [0.25, 0.3) is 6.08 Å². The van der Waals surface area contributed by atoms with Gasteiger partial charge in [0.25, 0.3) is 0 Å². The first kappa shape index (κ1) is 13.8. The minimum absolute atomic E-state index is 0.0953. The van der Waals surface area contributed by atoms with Crippen LogP contribution in [-0.2, 0) is 9.59 Å². The molecule has 0 radical (unpaired) electrons. The van der Waals surface area contributed by atoms with Gasteiger partial charge in [-0.05, 0) is 23.6 Å². The molecule has 22 heavy (non-hydrogen) atoms. The molecule has 5 heteroatoms. The summed E-state index contributed by atoms with van der Waals surface area (Å²) in [5.74, 6) is -0.513. The number of halogens is 1. The lowest BCUT2D eigenvalue weighted by molar-refractivity contribution is -0.127. The molecule has 1 unspecified atom stereocenters. The van der Waals surface area contributed by atoms with Gasteiger partial charge in [0.1, 0.15) is 11.8 Å². The maximum atomic E-state index is 12.6. The van der Waals surface area contributed by atoms with Crippen LogP contribution in [0.2, 0.25) is 0 Å². The van der Waals surface area contributed by atoms with Crippen molar-refractivity contribution in [2.45, 2.75) is 30.3 Å². The second-order valence-corrected chi connectivity index (χ2v) is 6.99. The van der Waals surface area contributed by atoms with Crippen LogP contribution in [-0.4, -0.2) is 28.0 Å². The summed E-state index contributed by atoms with van der Waals surface area (Å²) in [5.41, 5.74) is 7.86. The molecule has 1 aliphatic carbocycles. The van der Waals surface area contributed by atoms with E-state index in [1.54, 1.807) is 0 Å². The highest BCUT2D eigenvalue weighted by atomic mass is 35.5. The number of fused-ring (bicyclic) bond motifs is 5. The molecule has 0 bridgehead atoms. The van der Waals surface area contributed by atoms with Gasteiger partial charge in [0.2, 0.25) is 5.91 Å². The highest BCUT2D eigenvalue weighted by Crippen LogP contribution is 2.52. The van der Waals surface area contributed by atoms with Crippen LogP contribution in [0.15, 0.2) is 30.5 Å². The minimum Gasteiger partial charge on any atom is -0.368 e. The van der Waals surface area contributed by atoms with Crippen LogP contribution >= 0.6 is 11.6 Å². The van der Waals surface area contributed by atoms with Crippen molar-refractivity contribution in [3.63, 3.8) is 0 Å². The Labute approximate surface area is 133 Å². The smallest absolute Gasteiger partial charge is 0.240 e. The van der Waals surface area contributed by atoms with E-state index in [1.807, 2.05) is 41.4 Å². The van der Waals surface area contributed by atoms with Gasteiger partial charge in [-0.1, -0.05) is 24.3 Å². The number of hydrogen-bond donors (Lipinski definition) is 1. The monoisotopic (exact) mass is 316 g/mol. The number of carbonyl (C=O) groups excluding carboxylic acids is 2. The van der Waals surface area contributed by atoms with Crippen LogP contribution in [0, 0.1) is 11.8 Å². The minimum atomic E-state index is -0.454. The second kappa shape index (κ2) is 4.85. The van der Waals surface area contributed by atoms with E-state index in [9.17, 15) is 9.59 Å². The first-order valence-electron chi connectivity index (χ1n) is 7.58. The number of carbonyl (C=O) groups is 2. The summed E-state index contributed by atoms with van der Waals surface area (Å²) in [6.45, 7) is 0. The first-order chi connectivity index (χ1) is 10.6. The Kier molecular flexibility index (Phi) is 3.05. The van der Waals surface area contributed by atoms with Gasteiger partial charge in [-0.15, -0.1) is 11.6 Å². The van der Waals surface area contributed by atoms with Gasteiger partial charge in [-0.2, -0.15) is 0 Å². The summed E-state index contributed by atoms with van der Waals surface area (Å²) >= 11 is 6.24. The maximum Gasteiger partial charge on any atom is 0.240 e. The van der Waals surface area contributed by atoms with E-state index < -0.39 is 6.04 Å². The van der Waals surface area contributed by atoms with E-state index in [0.717, 1.165) is 11.1 Å². The number of hydrogen-bond acceptors (Lipinski definition) is 3. The molecule has 1 aromatic carbocycles. The first-order valence-corrected chi connectivity index (χ1v) is 8.02. The van der Waals surface area contributed by atoms with Gasteiger partial charge in [0, 0.05) is 29.8 Å². The fourth-order valence-corrected chi connectivity index (χ4v) is 4.79. The number of amides is 1. The number of nitrogens with zero attached hydrogens (tertiary/aromatic N) is 1. The summed E-state index contributed by atoms with van der Waals surface area (Å²) in [4.78, 5) is 26.6. The van der Waals surface area contributed by atoms with Crippen molar-refractivity contribution in [1.29, 1.82) is 0 Å². The molecule has 0 spiro atoms. The molecule has 2 fully saturated rings. The molecule has 5 atom stereocenters. The Morgan fingerprint density at radius 3 is 2.86 bits per heavy atom. The Bertz CT molecular complexity index is 687. The van der Waals surface area contributed by atoms with Crippen molar-refractivity contribution >= 4 is 29.4 Å². The van der Waals surface area contributed by atoms with Crippen molar-refractivity contribution in [3.05, 3.63) is 41.6 Å². The lowest BCUT2D eigenvalue weighted by atomic mass is 9.73. The van der Waals surface area contributed by atoms with Gasteiger partial charge in [0.05, 0.1) is 6.04 Å². The van der Waals surface area contributed by atoms with Gasteiger partial charge in [-0.25, -0.2) is 0 Å². The molecule has 1 aromatic rings. The van der Waals surface area contributed by atoms with E-state index in [-0.39, 0.29) is 34.9 Å². The quantitative estimate of drug-likeness (QED) is 0.807. The van der Waals surface area contributed by atoms with Crippen LogP contribution in [0.3, 0.4) is 0 Å². The molecule has 1 saturated heterocycles. The number of ketones is 1. The highest BCUT2D eigenvalue weighted by Gasteiger charge is 2.56. The lowest BCUT2D eigenvalue weighted by Crippen LogP contribution is -2.44. The normalized spacial score (nSPS) is 35.8. The zero-order valence-electron chi connectivity index (χ0n) is 12.0. The van der Waals surface area contributed by atoms with Crippen molar-refractivity contribution in [1.82, 2.24) is 4.90 Å². The van der Waals surface area contributed by atoms with E-state index in [4.69, 9.17) is 17.3 Å². The summed E-state index contributed by atoms with van der Waals surface area (Å²) in [6.07, 6.45) is 4.94. The number of Topliss-reactive ketones (excluding diaryl/α,β-unsaturated/α-hetero) is 1. The predicted octanol–water partition coefficient (Wildman–Crippen LogP) is 2.08. The van der Waals surface area contributed by atoms with Crippen molar-refractivity contribution in [2.75, 3.05) is 0 Å². The topological polar surface area (TPSA) is 63.4 Å². The molecule has 2 heterocycles. The van der Waals surface area contributed by atoms with E-state index in [1.165, 1.54) is 0 Å². The molecular formula is C17H17ClN2O2. The van der Waals surface area contributed by atoms with E-state index >= 15 is 0 Å². The molecule has 2 N–H and O–H groups in total. The third kappa shape index (κ3) is 1.83. The molecule has 2 aliphatic heterocycles. The summed E-state index contributed by atoms with van der Waals surface area (Å²) in [5, 5.41) is -0.198. The fourth-order valence-electron chi connectivity index (χ4n) is 4.43. The Morgan fingerprint density at radius 2 is 2.09 bits per heavy atom. The fraction of sp³-hybridized carbons (Fsp3) is 0.412. The van der Waals surface area contributed by atoms with Gasteiger partial charge in [0.15, 0.2) is 0 Å². The number of alkyl halides is 1. The summed E-state index contributed by atoms with van der Waals surface area (Å²) in [6, 6.07) is 7.48. The van der Waals surface area contributed by atoms with Crippen molar-refractivity contribution in [2.24, 2.45) is 17.6 Å². The lowest BCUT2D eigenvalue weighted by Gasteiger charge is -2.33. The van der Waals surface area contributed by atoms with Crippen LogP contribution in [0.5, 0.6) is 0 Å². The van der Waals surface area contributed by atoms with E-state index in [0.29, 0.717) is 12.8 Å². The zero-order chi connectivity index (χ0) is 15.4. The van der Waals surface area contributed by atoms with Crippen LogP contribution < -0.4 is 5.73 Å². The average Bonchev–Trinajstić information content (AvgIpc) is 2.81. The maximum absolute atomic E-state index is 12.6. The molecule has 114 valence electrons. The Hall–Kier alpha value is -1.81. The summed E-state index contributed by atoms with van der Waals surface area (Å²) in [7, 11) is 0. The Morgan fingerprint density at radius 1 is 1.32 bits per heavy atom. The molecule has 0 aromatic heterocycles. The van der Waals surface area contributed by atoms with Gasteiger partial charge < -0.3 is 10.6 Å². The number of benzene rings is 1. The standard InChI is InChI=1S/C17H17ClN2O2/c18-10-7-12-14(13(21)8-10)15-11-4-2-1-3-9(11)5-6-20(15)16(12)17(19)22/h1-6,10,12,14-16H,7-8H2,(H2,19,22)/t10?,12-,14+,15+,16-/m1/s1. The largest absolute Gasteiger partial charge is 0.368 e. The van der Waals surface area contributed by atoms with E-state index in [2.05, 4.69) is 0 Å². The molecule has 1 saturated carbocycles. The van der Waals surface area contributed by atoms with Crippen LogP contribution in [0.4, 0.5) is 0 Å². The zero-order valence-corrected chi connectivity index (χ0v) is 12.7. The van der Waals surface area contributed by atoms with Crippen LogP contribution in [0.1, 0.15) is 30.0 Å². The molecule has 3 aliphatic rings. The SMILES string of the molecule is NC(=O)[C@H]1[C@@H]2CC(Cl)CC(=O)[C@H]2[C@@H]2c3ccccc3C=CN12. The second-order valence-electron chi connectivity index (χ2n) is 6.38. The number of nitrogens with two attached hydrogens (primary N) is 1. The van der Waals surface area contributed by atoms with Crippen molar-refractivity contribution < 1.29 is 9.59 Å².